The number of nitrogens with one attached hydrogen (secondary N) is 2. The zero-order valence-electron chi connectivity index (χ0n) is 17.1. The van der Waals surface area contributed by atoms with E-state index in [0.717, 1.165) is 49.4 Å². The molecule has 1 aromatic heterocycles. The highest BCUT2D eigenvalue weighted by atomic mass is 16.5. The predicted octanol–water partition coefficient (Wildman–Crippen LogP) is 1.70. The summed E-state index contributed by atoms with van der Waals surface area (Å²) in [5.74, 6) is 2.46. The summed E-state index contributed by atoms with van der Waals surface area (Å²) >= 11 is 0. The van der Waals surface area contributed by atoms with Crippen molar-refractivity contribution in [3.63, 3.8) is 0 Å². The van der Waals surface area contributed by atoms with Crippen LogP contribution in [0.4, 0.5) is 0 Å². The van der Waals surface area contributed by atoms with Crippen LogP contribution in [0.1, 0.15) is 30.7 Å². The van der Waals surface area contributed by atoms with Crippen molar-refractivity contribution in [1.29, 1.82) is 0 Å². The highest BCUT2D eigenvalue weighted by molar-refractivity contribution is 5.79. The first kappa shape index (κ1) is 20.7. The number of fused-ring (bicyclic) bond motifs is 1. The van der Waals surface area contributed by atoms with Crippen molar-refractivity contribution >= 4 is 5.96 Å². The molecule has 3 rings (SSSR count). The maximum Gasteiger partial charge on any atom is 0.345 e. The van der Waals surface area contributed by atoms with Crippen LogP contribution in [-0.2, 0) is 26.1 Å². The van der Waals surface area contributed by atoms with E-state index < -0.39 is 0 Å². The maximum atomic E-state index is 12.4. The highest BCUT2D eigenvalue weighted by Gasteiger charge is 2.16. The molecule has 8 nitrogen and oxygen atoms in total. The molecule has 0 unspecified atom stereocenters. The van der Waals surface area contributed by atoms with Gasteiger partial charge in [0.2, 0.25) is 0 Å². The van der Waals surface area contributed by atoms with Crippen molar-refractivity contribution in [3.8, 4) is 5.75 Å². The third-order valence-electron chi connectivity index (χ3n) is 4.87. The van der Waals surface area contributed by atoms with Crippen LogP contribution in [0, 0.1) is 0 Å². The van der Waals surface area contributed by atoms with Gasteiger partial charge in [-0.05, 0) is 25.3 Å². The predicted molar refractivity (Wildman–Crippen MR) is 114 cm³/mol. The van der Waals surface area contributed by atoms with Crippen LogP contribution in [0.3, 0.4) is 0 Å². The van der Waals surface area contributed by atoms with E-state index in [9.17, 15) is 4.79 Å². The number of hydrogen-bond acceptors (Lipinski definition) is 4. The number of aromatic nitrogens is 3. The molecule has 0 bridgehead atoms. The average molecular weight is 399 g/mol. The Labute approximate surface area is 171 Å². The molecule has 0 saturated carbocycles. The fraction of sp³-hybridized carbons (Fsp3) is 0.476. The van der Waals surface area contributed by atoms with Crippen molar-refractivity contribution < 1.29 is 4.74 Å². The molecule has 156 valence electrons. The molecule has 0 aliphatic carbocycles. The molecule has 0 saturated heterocycles. The van der Waals surface area contributed by atoms with Crippen LogP contribution in [0.5, 0.6) is 5.75 Å². The molecule has 2 N–H and O–H groups in total. The summed E-state index contributed by atoms with van der Waals surface area (Å²) in [4.78, 5) is 16.6. The number of nitrogens with zero attached hydrogens (tertiary/aromatic N) is 4. The number of ether oxygens (including phenoxy) is 1. The quantitative estimate of drug-likeness (QED) is 0.291. The van der Waals surface area contributed by atoms with E-state index in [1.165, 1.54) is 0 Å². The molecule has 0 spiro atoms. The summed E-state index contributed by atoms with van der Waals surface area (Å²) in [5.41, 5.74) is 1.06. The van der Waals surface area contributed by atoms with Crippen molar-refractivity contribution in [2.24, 2.45) is 4.99 Å². The van der Waals surface area contributed by atoms with Crippen LogP contribution >= 0.6 is 0 Å². The minimum atomic E-state index is 0.0124. The summed E-state index contributed by atoms with van der Waals surface area (Å²) in [5, 5.41) is 11.1. The second-order valence-electron chi connectivity index (χ2n) is 6.94. The minimum absolute atomic E-state index is 0.0124. The van der Waals surface area contributed by atoms with Crippen molar-refractivity contribution in [1.82, 2.24) is 25.0 Å². The molecule has 1 aliphatic rings. The zero-order chi connectivity index (χ0) is 20.5. The van der Waals surface area contributed by atoms with Gasteiger partial charge in [-0.1, -0.05) is 30.9 Å². The molecule has 0 atom stereocenters. The molecule has 0 radical (unpaired) electrons. The van der Waals surface area contributed by atoms with E-state index in [0.29, 0.717) is 32.2 Å². The average Bonchev–Trinajstić information content (AvgIpc) is 3.08. The Morgan fingerprint density at radius 1 is 1.34 bits per heavy atom. The minimum Gasteiger partial charge on any atom is -0.489 e. The Hall–Kier alpha value is -3.03. The lowest BCUT2D eigenvalue weighted by molar-refractivity contribution is 0.358. The lowest BCUT2D eigenvalue weighted by Gasteiger charge is -2.14. The lowest BCUT2D eigenvalue weighted by atomic mass is 10.2. The number of guanidine groups is 1. The Bertz CT molecular complexity index is 899. The molecular formula is C21H30N6O2. The number of aryl methyl sites for hydroxylation is 2. The van der Waals surface area contributed by atoms with Crippen LogP contribution in [-0.4, -0.2) is 40.5 Å². The van der Waals surface area contributed by atoms with Gasteiger partial charge in [-0.25, -0.2) is 9.48 Å². The van der Waals surface area contributed by atoms with Gasteiger partial charge >= 0.3 is 5.69 Å². The summed E-state index contributed by atoms with van der Waals surface area (Å²) in [7, 11) is 1.74. The molecule has 0 amide bonds. The van der Waals surface area contributed by atoms with Gasteiger partial charge < -0.3 is 15.4 Å². The number of benzene rings is 1. The first-order valence-electron chi connectivity index (χ1n) is 10.2. The molecule has 29 heavy (non-hydrogen) atoms. The Morgan fingerprint density at radius 3 is 3.00 bits per heavy atom. The van der Waals surface area contributed by atoms with Gasteiger partial charge in [0.05, 0.1) is 0 Å². The Balaban J connectivity index is 1.45. The highest BCUT2D eigenvalue weighted by Crippen LogP contribution is 2.17. The maximum absolute atomic E-state index is 12.4. The fourth-order valence-corrected chi connectivity index (χ4v) is 3.37. The van der Waals surface area contributed by atoms with Crippen molar-refractivity contribution in [2.75, 3.05) is 20.2 Å². The number of rotatable bonds is 9. The Kier molecular flexibility index (Phi) is 7.49. The monoisotopic (exact) mass is 398 g/mol. The molecular weight excluding hydrogens is 368 g/mol. The van der Waals surface area contributed by atoms with Gasteiger partial charge in [0, 0.05) is 45.2 Å². The van der Waals surface area contributed by atoms with E-state index in [1.807, 2.05) is 28.8 Å². The van der Waals surface area contributed by atoms with Crippen LogP contribution in [0.2, 0.25) is 0 Å². The zero-order valence-corrected chi connectivity index (χ0v) is 17.1. The molecule has 2 aromatic rings. The normalized spacial score (nSPS) is 13.6. The van der Waals surface area contributed by atoms with E-state index in [4.69, 9.17) is 4.74 Å². The molecule has 0 fully saturated rings. The third kappa shape index (κ3) is 5.49. The first-order chi connectivity index (χ1) is 14.2. The molecule has 1 aliphatic heterocycles. The standard InChI is InChI=1S/C21H30N6O2/c1-3-15-29-18-10-5-4-9-17(18)16-24-20(22-2)23-12-8-14-27-21(28)26-13-7-6-11-19(26)25-27/h3-5,9-10H,1,6-8,11-16H2,2H3,(H2,22,23,24). The second-order valence-corrected chi connectivity index (χ2v) is 6.94. The van der Waals surface area contributed by atoms with Crippen molar-refractivity contribution in [2.45, 2.75) is 45.3 Å². The topological polar surface area (TPSA) is 85.5 Å². The summed E-state index contributed by atoms with van der Waals surface area (Å²) in [6.45, 7) is 6.84. The first-order valence-corrected chi connectivity index (χ1v) is 10.2. The van der Waals surface area contributed by atoms with E-state index in [-0.39, 0.29) is 5.69 Å². The van der Waals surface area contributed by atoms with Gasteiger partial charge in [-0.2, -0.15) is 5.10 Å². The van der Waals surface area contributed by atoms with E-state index >= 15 is 0 Å². The molecule has 8 heteroatoms. The van der Waals surface area contributed by atoms with Crippen molar-refractivity contribution in [3.05, 3.63) is 58.8 Å². The Morgan fingerprint density at radius 2 is 2.21 bits per heavy atom. The SMILES string of the molecule is C=CCOc1ccccc1CNC(=NC)NCCCn1nc2n(c1=O)CCCC2. The number of para-hydroxylation sites is 1. The van der Waals surface area contributed by atoms with Crippen LogP contribution in [0.15, 0.2) is 46.7 Å². The molecule has 1 aromatic carbocycles. The summed E-state index contributed by atoms with van der Waals surface area (Å²) < 4.78 is 9.08. The van der Waals surface area contributed by atoms with Gasteiger partial charge in [-0.15, -0.1) is 0 Å². The lowest BCUT2D eigenvalue weighted by Crippen LogP contribution is -2.38. The molecule has 2 heterocycles. The third-order valence-corrected chi connectivity index (χ3v) is 4.87. The van der Waals surface area contributed by atoms with E-state index in [2.05, 4.69) is 27.3 Å². The van der Waals surface area contributed by atoms with Gasteiger partial charge in [-0.3, -0.25) is 9.56 Å². The summed E-state index contributed by atoms with van der Waals surface area (Å²) in [6.07, 6.45) is 5.59. The largest absolute Gasteiger partial charge is 0.489 e. The van der Waals surface area contributed by atoms with Gasteiger partial charge in [0.1, 0.15) is 18.2 Å². The number of hydrogen-bond donors (Lipinski definition) is 2. The fourth-order valence-electron chi connectivity index (χ4n) is 3.37. The smallest absolute Gasteiger partial charge is 0.345 e. The van der Waals surface area contributed by atoms with Crippen LogP contribution in [0.25, 0.3) is 0 Å². The van der Waals surface area contributed by atoms with Crippen LogP contribution < -0.4 is 21.1 Å². The summed E-state index contributed by atoms with van der Waals surface area (Å²) in [6, 6.07) is 7.89. The van der Waals surface area contributed by atoms with E-state index in [1.54, 1.807) is 17.8 Å². The van der Waals surface area contributed by atoms with Gasteiger partial charge in [0.25, 0.3) is 0 Å². The van der Waals surface area contributed by atoms with Gasteiger partial charge in [0.15, 0.2) is 5.96 Å². The second kappa shape index (κ2) is 10.5. The number of aliphatic imine (C=N–C) groups is 1.